The van der Waals surface area contributed by atoms with Gasteiger partial charge in [-0.2, -0.15) is 0 Å². The Labute approximate surface area is 172 Å². The fourth-order valence-electron chi connectivity index (χ4n) is 2.39. The number of nitrogens with two attached hydrogens (primary N) is 1. The number of carbonyl (C=O) groups is 1. The maximum Gasteiger partial charge on any atom is 0.269 e. The van der Waals surface area contributed by atoms with Crippen LogP contribution in [-0.2, 0) is 17.6 Å². The molecule has 0 aliphatic carbocycles. The lowest BCUT2D eigenvalue weighted by atomic mass is 10.1. The Kier molecular flexibility index (Phi) is 7.48. The van der Waals surface area contributed by atoms with Crippen molar-refractivity contribution in [1.29, 1.82) is 0 Å². The van der Waals surface area contributed by atoms with Crippen molar-refractivity contribution in [2.75, 3.05) is 19.4 Å². The van der Waals surface area contributed by atoms with Crippen molar-refractivity contribution < 1.29 is 19.8 Å². The highest BCUT2D eigenvalue weighted by Gasteiger charge is 2.20. The number of anilines is 1. The number of H-pyrrole nitrogens is 1. The number of benzene rings is 1. The van der Waals surface area contributed by atoms with E-state index < -0.39 is 5.91 Å². The van der Waals surface area contributed by atoms with Crippen molar-refractivity contribution in [3.05, 3.63) is 32.5 Å². The molecule has 9 nitrogen and oxygen atoms in total. The van der Waals surface area contributed by atoms with E-state index in [1.54, 1.807) is 12.3 Å². The third-order valence-electron chi connectivity index (χ3n) is 3.73. The predicted octanol–water partition coefficient (Wildman–Crippen LogP) is 2.35. The van der Waals surface area contributed by atoms with Crippen molar-refractivity contribution >= 4 is 49.4 Å². The summed E-state index contributed by atoms with van der Waals surface area (Å²) in [5.74, 6) is 0.146. The molecule has 0 unspecified atom stereocenters. The molecule has 0 aliphatic rings. The van der Waals surface area contributed by atoms with E-state index >= 15 is 0 Å². The molecule has 1 heterocycles. The number of hydrogen-bond acceptors (Lipinski definition) is 7. The Bertz CT molecular complexity index is 854. The first-order valence-corrected chi connectivity index (χ1v) is 9.48. The molecule has 0 spiro atoms. The lowest BCUT2D eigenvalue weighted by molar-refractivity contribution is -0.115. The summed E-state index contributed by atoms with van der Waals surface area (Å²) in [7, 11) is 1.47. The van der Waals surface area contributed by atoms with E-state index in [4.69, 9.17) is 10.5 Å². The van der Waals surface area contributed by atoms with Gasteiger partial charge in [-0.1, -0.05) is 5.16 Å². The van der Waals surface area contributed by atoms with E-state index in [1.807, 2.05) is 0 Å². The summed E-state index contributed by atoms with van der Waals surface area (Å²) < 4.78 is 6.09. The second-order valence-electron chi connectivity index (χ2n) is 5.59. The van der Waals surface area contributed by atoms with Gasteiger partial charge in [0.25, 0.3) is 5.91 Å². The van der Waals surface area contributed by atoms with Crippen LogP contribution in [0.15, 0.2) is 26.4 Å². The standard InChI is InChI=1S/C16H19Br2N5O4/c1-27-14-10(17)5-8(13(24)12(14)18)6-11(23-26)15(25)20-4-2-3-9-7-21-16(19)22-9/h5,7,24,26H,2-4,6H2,1H3,(H,20,25)(H3,19,21,22)/b23-11+. The number of nitrogens with zero attached hydrogens (tertiary/aromatic N) is 2. The van der Waals surface area contributed by atoms with Gasteiger partial charge in [-0.25, -0.2) is 4.98 Å². The Morgan fingerprint density at radius 3 is 2.81 bits per heavy atom. The predicted molar refractivity (Wildman–Crippen MR) is 107 cm³/mol. The number of methoxy groups -OCH3 is 1. The number of nitrogen functional groups attached to an aromatic ring is 1. The van der Waals surface area contributed by atoms with E-state index in [-0.39, 0.29) is 17.9 Å². The minimum atomic E-state index is -0.524. The number of phenolic OH excluding ortho intramolecular Hbond substituents is 1. The first-order chi connectivity index (χ1) is 12.9. The van der Waals surface area contributed by atoms with E-state index in [0.29, 0.717) is 45.6 Å². The summed E-state index contributed by atoms with van der Waals surface area (Å²) in [5.41, 5.74) is 6.64. The molecule has 0 saturated carbocycles. The largest absolute Gasteiger partial charge is 0.506 e. The lowest BCUT2D eigenvalue weighted by Gasteiger charge is -2.13. The highest BCUT2D eigenvalue weighted by Crippen LogP contribution is 2.42. The van der Waals surface area contributed by atoms with Gasteiger partial charge in [-0.3, -0.25) is 4.79 Å². The Morgan fingerprint density at radius 1 is 1.48 bits per heavy atom. The second-order valence-corrected chi connectivity index (χ2v) is 7.24. The van der Waals surface area contributed by atoms with Crippen molar-refractivity contribution in [3.8, 4) is 11.5 Å². The minimum Gasteiger partial charge on any atom is -0.506 e. The molecule has 1 aromatic heterocycles. The third kappa shape index (κ3) is 5.36. The molecule has 0 fully saturated rings. The number of aromatic hydroxyl groups is 1. The van der Waals surface area contributed by atoms with Gasteiger partial charge in [0.15, 0.2) is 11.7 Å². The van der Waals surface area contributed by atoms with Crippen LogP contribution in [0.5, 0.6) is 11.5 Å². The van der Waals surface area contributed by atoms with Crippen LogP contribution in [-0.4, -0.2) is 45.6 Å². The molecule has 0 atom stereocenters. The number of ether oxygens (including phenoxy) is 1. The van der Waals surface area contributed by atoms with Crippen LogP contribution in [0.25, 0.3) is 0 Å². The third-order valence-corrected chi connectivity index (χ3v) is 5.06. The molecule has 0 radical (unpaired) electrons. The van der Waals surface area contributed by atoms with Crippen LogP contribution in [0, 0.1) is 0 Å². The Balaban J connectivity index is 1.95. The average Bonchev–Trinajstić information content (AvgIpc) is 3.06. The fraction of sp³-hybridized carbons (Fsp3) is 0.312. The maximum atomic E-state index is 12.2. The van der Waals surface area contributed by atoms with Gasteiger partial charge in [0.1, 0.15) is 15.9 Å². The zero-order valence-electron chi connectivity index (χ0n) is 14.4. The fourth-order valence-corrected chi connectivity index (χ4v) is 3.92. The average molecular weight is 505 g/mol. The zero-order valence-corrected chi connectivity index (χ0v) is 17.6. The van der Waals surface area contributed by atoms with Crippen LogP contribution in [0.2, 0.25) is 0 Å². The van der Waals surface area contributed by atoms with Gasteiger partial charge < -0.3 is 31.1 Å². The molecular weight excluding hydrogens is 486 g/mol. The quantitative estimate of drug-likeness (QED) is 0.161. The molecular formula is C16H19Br2N5O4. The molecule has 11 heteroatoms. The van der Waals surface area contributed by atoms with Gasteiger partial charge in [0.2, 0.25) is 0 Å². The Hall–Kier alpha value is -2.27. The lowest BCUT2D eigenvalue weighted by Crippen LogP contribution is -2.33. The van der Waals surface area contributed by atoms with E-state index in [1.165, 1.54) is 7.11 Å². The van der Waals surface area contributed by atoms with Gasteiger partial charge in [0, 0.05) is 24.2 Å². The topological polar surface area (TPSA) is 146 Å². The number of rotatable bonds is 8. The molecule has 0 saturated heterocycles. The monoisotopic (exact) mass is 503 g/mol. The van der Waals surface area contributed by atoms with Crippen LogP contribution in [0.1, 0.15) is 17.7 Å². The van der Waals surface area contributed by atoms with Gasteiger partial charge >= 0.3 is 0 Å². The number of amides is 1. The number of phenols is 1. The van der Waals surface area contributed by atoms with Crippen molar-refractivity contribution in [2.24, 2.45) is 5.16 Å². The summed E-state index contributed by atoms with van der Waals surface area (Å²) in [6.45, 7) is 0.374. The van der Waals surface area contributed by atoms with E-state index in [9.17, 15) is 15.1 Å². The van der Waals surface area contributed by atoms with Crippen LogP contribution in [0.4, 0.5) is 5.95 Å². The van der Waals surface area contributed by atoms with E-state index in [2.05, 4.69) is 52.3 Å². The van der Waals surface area contributed by atoms with E-state index in [0.717, 1.165) is 5.69 Å². The molecule has 2 aromatic rings. The summed E-state index contributed by atoms with van der Waals surface area (Å²) >= 11 is 6.57. The SMILES string of the molecule is COc1c(Br)cc(C/C(=N\O)C(=O)NCCCc2cnc(N)[nH]2)c(O)c1Br. The van der Waals surface area contributed by atoms with Gasteiger partial charge in [-0.05, 0) is 50.8 Å². The smallest absolute Gasteiger partial charge is 0.269 e. The number of imidazole rings is 1. The summed E-state index contributed by atoms with van der Waals surface area (Å²) in [4.78, 5) is 19.0. The number of aryl methyl sites for hydroxylation is 1. The van der Waals surface area contributed by atoms with Crippen LogP contribution in [0.3, 0.4) is 0 Å². The van der Waals surface area contributed by atoms with Gasteiger partial charge in [-0.15, -0.1) is 0 Å². The van der Waals surface area contributed by atoms with Crippen LogP contribution < -0.4 is 15.8 Å². The van der Waals surface area contributed by atoms with Crippen molar-refractivity contribution in [2.45, 2.75) is 19.3 Å². The number of carbonyl (C=O) groups excluding carboxylic acids is 1. The Morgan fingerprint density at radius 2 is 2.22 bits per heavy atom. The molecule has 6 N–H and O–H groups in total. The summed E-state index contributed by atoms with van der Waals surface area (Å²) in [6, 6.07) is 1.60. The molecule has 146 valence electrons. The molecule has 0 bridgehead atoms. The van der Waals surface area contributed by atoms with Crippen LogP contribution >= 0.6 is 31.9 Å². The first kappa shape index (κ1) is 21.0. The molecule has 1 amide bonds. The van der Waals surface area contributed by atoms with Crippen molar-refractivity contribution in [1.82, 2.24) is 15.3 Å². The number of nitrogens with one attached hydrogen (secondary N) is 2. The normalized spacial score (nSPS) is 11.4. The number of aromatic amines is 1. The zero-order chi connectivity index (χ0) is 20.0. The minimum absolute atomic E-state index is 0.0631. The van der Waals surface area contributed by atoms with Gasteiger partial charge in [0.05, 0.1) is 17.8 Å². The van der Waals surface area contributed by atoms with Crippen molar-refractivity contribution in [3.63, 3.8) is 0 Å². The second kappa shape index (κ2) is 9.60. The molecule has 1 aromatic carbocycles. The number of oxime groups is 1. The maximum absolute atomic E-state index is 12.2. The number of halogens is 2. The first-order valence-electron chi connectivity index (χ1n) is 7.89. The highest BCUT2D eigenvalue weighted by molar-refractivity contribution is 9.11. The number of aromatic nitrogens is 2. The number of hydrogen-bond donors (Lipinski definition) is 5. The molecule has 2 rings (SSSR count). The molecule has 27 heavy (non-hydrogen) atoms. The highest BCUT2D eigenvalue weighted by atomic mass is 79.9. The summed E-state index contributed by atoms with van der Waals surface area (Å²) in [5, 5.41) is 25.2. The molecule has 0 aliphatic heterocycles. The summed E-state index contributed by atoms with van der Waals surface area (Å²) in [6.07, 6.45) is 2.89.